The second kappa shape index (κ2) is 10.2. The molecule has 0 fully saturated rings. The topological polar surface area (TPSA) is 84.2 Å². The SMILES string of the molecule is CCC(C)C(N)C(=O)NCCNC(=O)c1ccc(C)cc1.Cl. The quantitative estimate of drug-likeness (QED) is 0.666. The first-order chi connectivity index (χ1) is 9.95. The number of halogens is 1. The Morgan fingerprint density at radius 1 is 1.14 bits per heavy atom. The summed E-state index contributed by atoms with van der Waals surface area (Å²) in [5, 5.41) is 5.50. The third-order valence-electron chi connectivity index (χ3n) is 3.58. The normalized spacial score (nSPS) is 12.7. The molecule has 0 bridgehead atoms. The Hall–Kier alpha value is -1.59. The maximum atomic E-state index is 11.8. The lowest BCUT2D eigenvalue weighted by atomic mass is 9.99. The Bertz CT molecular complexity index is 477. The molecular formula is C16H26ClN3O2. The number of rotatable bonds is 7. The highest BCUT2D eigenvalue weighted by molar-refractivity contribution is 5.94. The maximum Gasteiger partial charge on any atom is 0.251 e. The van der Waals surface area contributed by atoms with Crippen LogP contribution in [0.4, 0.5) is 0 Å². The smallest absolute Gasteiger partial charge is 0.251 e. The summed E-state index contributed by atoms with van der Waals surface area (Å²) in [4.78, 5) is 23.6. The van der Waals surface area contributed by atoms with E-state index < -0.39 is 6.04 Å². The van der Waals surface area contributed by atoms with Crippen molar-refractivity contribution in [2.45, 2.75) is 33.2 Å². The van der Waals surface area contributed by atoms with Gasteiger partial charge in [-0.05, 0) is 25.0 Å². The molecule has 2 amide bonds. The van der Waals surface area contributed by atoms with Crippen LogP contribution >= 0.6 is 12.4 Å². The van der Waals surface area contributed by atoms with Crippen LogP contribution in [0.25, 0.3) is 0 Å². The summed E-state index contributed by atoms with van der Waals surface area (Å²) in [5.41, 5.74) is 7.54. The Balaban J connectivity index is 0.00000441. The van der Waals surface area contributed by atoms with Gasteiger partial charge < -0.3 is 16.4 Å². The van der Waals surface area contributed by atoms with E-state index in [1.165, 1.54) is 0 Å². The third kappa shape index (κ3) is 6.45. The highest BCUT2D eigenvalue weighted by Crippen LogP contribution is 2.05. The molecule has 6 heteroatoms. The lowest BCUT2D eigenvalue weighted by molar-refractivity contribution is -0.123. The fraction of sp³-hybridized carbons (Fsp3) is 0.500. The molecule has 0 aliphatic rings. The first kappa shape index (κ1) is 20.4. The van der Waals surface area contributed by atoms with E-state index in [4.69, 9.17) is 5.73 Å². The fourth-order valence-corrected chi connectivity index (χ4v) is 1.80. The van der Waals surface area contributed by atoms with Gasteiger partial charge >= 0.3 is 0 Å². The average Bonchev–Trinajstić information content (AvgIpc) is 2.50. The van der Waals surface area contributed by atoms with Crippen molar-refractivity contribution in [2.24, 2.45) is 11.7 Å². The van der Waals surface area contributed by atoms with Gasteiger partial charge in [0, 0.05) is 18.7 Å². The number of aryl methyl sites for hydroxylation is 1. The van der Waals surface area contributed by atoms with Crippen LogP contribution in [0.5, 0.6) is 0 Å². The van der Waals surface area contributed by atoms with Gasteiger partial charge in [0.15, 0.2) is 0 Å². The van der Waals surface area contributed by atoms with Gasteiger partial charge in [-0.25, -0.2) is 0 Å². The van der Waals surface area contributed by atoms with Crippen molar-refractivity contribution in [3.63, 3.8) is 0 Å². The summed E-state index contributed by atoms with van der Waals surface area (Å²) in [7, 11) is 0. The van der Waals surface area contributed by atoms with E-state index >= 15 is 0 Å². The van der Waals surface area contributed by atoms with Crippen LogP contribution in [0.3, 0.4) is 0 Å². The molecule has 0 radical (unpaired) electrons. The largest absolute Gasteiger partial charge is 0.353 e. The number of hydrogen-bond acceptors (Lipinski definition) is 3. The van der Waals surface area contributed by atoms with E-state index in [0.29, 0.717) is 18.7 Å². The summed E-state index contributed by atoms with van der Waals surface area (Å²) in [6.45, 7) is 6.67. The van der Waals surface area contributed by atoms with Gasteiger partial charge in [-0.2, -0.15) is 0 Å². The fourth-order valence-electron chi connectivity index (χ4n) is 1.80. The van der Waals surface area contributed by atoms with Gasteiger partial charge in [0.05, 0.1) is 6.04 Å². The zero-order valence-electron chi connectivity index (χ0n) is 13.4. The number of carbonyl (C=O) groups is 2. The monoisotopic (exact) mass is 327 g/mol. The first-order valence-electron chi connectivity index (χ1n) is 7.33. The van der Waals surface area contributed by atoms with E-state index in [1.807, 2.05) is 32.9 Å². The van der Waals surface area contributed by atoms with E-state index in [9.17, 15) is 9.59 Å². The second-order valence-corrected chi connectivity index (χ2v) is 5.32. The maximum absolute atomic E-state index is 11.8. The van der Waals surface area contributed by atoms with Gasteiger partial charge in [0.1, 0.15) is 0 Å². The lowest BCUT2D eigenvalue weighted by Gasteiger charge is -2.17. The van der Waals surface area contributed by atoms with Crippen LogP contribution in [0.15, 0.2) is 24.3 Å². The van der Waals surface area contributed by atoms with Crippen molar-refractivity contribution < 1.29 is 9.59 Å². The molecule has 4 N–H and O–H groups in total. The summed E-state index contributed by atoms with van der Waals surface area (Å²) < 4.78 is 0. The Morgan fingerprint density at radius 3 is 2.23 bits per heavy atom. The van der Waals surface area contributed by atoms with Crippen molar-refractivity contribution in [1.29, 1.82) is 0 Å². The minimum absolute atomic E-state index is 0. The van der Waals surface area contributed by atoms with Crippen LogP contribution in [-0.2, 0) is 4.79 Å². The summed E-state index contributed by atoms with van der Waals surface area (Å²) in [6.07, 6.45) is 0.860. The highest BCUT2D eigenvalue weighted by atomic mass is 35.5. The Morgan fingerprint density at radius 2 is 1.68 bits per heavy atom. The van der Waals surface area contributed by atoms with Crippen molar-refractivity contribution in [2.75, 3.05) is 13.1 Å². The molecule has 2 unspecified atom stereocenters. The molecule has 1 rings (SSSR count). The summed E-state index contributed by atoms with van der Waals surface area (Å²) in [5.74, 6) is -0.170. The molecule has 2 atom stereocenters. The van der Waals surface area contributed by atoms with E-state index in [-0.39, 0.29) is 30.1 Å². The van der Waals surface area contributed by atoms with Gasteiger partial charge in [-0.3, -0.25) is 9.59 Å². The van der Waals surface area contributed by atoms with Crippen molar-refractivity contribution in [1.82, 2.24) is 10.6 Å². The van der Waals surface area contributed by atoms with Crippen LogP contribution in [0, 0.1) is 12.8 Å². The predicted octanol–water partition coefficient (Wildman–Crippen LogP) is 1.64. The number of hydrogen-bond donors (Lipinski definition) is 3. The zero-order valence-corrected chi connectivity index (χ0v) is 14.2. The number of nitrogens with one attached hydrogen (secondary N) is 2. The predicted molar refractivity (Wildman–Crippen MR) is 91.2 cm³/mol. The van der Waals surface area contributed by atoms with Crippen molar-refractivity contribution in [3.05, 3.63) is 35.4 Å². The van der Waals surface area contributed by atoms with Crippen LogP contribution in [-0.4, -0.2) is 30.9 Å². The van der Waals surface area contributed by atoms with E-state index in [1.54, 1.807) is 12.1 Å². The molecule has 0 spiro atoms. The molecule has 5 nitrogen and oxygen atoms in total. The molecule has 1 aromatic rings. The molecule has 0 aliphatic heterocycles. The number of benzene rings is 1. The molecule has 0 aromatic heterocycles. The third-order valence-corrected chi connectivity index (χ3v) is 3.58. The average molecular weight is 328 g/mol. The van der Waals surface area contributed by atoms with Crippen molar-refractivity contribution in [3.8, 4) is 0 Å². The molecule has 0 saturated heterocycles. The Labute approximate surface area is 138 Å². The number of amides is 2. The molecule has 0 saturated carbocycles. The van der Waals surface area contributed by atoms with Gasteiger partial charge in [-0.1, -0.05) is 38.0 Å². The van der Waals surface area contributed by atoms with E-state index in [0.717, 1.165) is 12.0 Å². The number of carbonyl (C=O) groups excluding carboxylic acids is 2. The van der Waals surface area contributed by atoms with Gasteiger partial charge in [0.25, 0.3) is 5.91 Å². The molecule has 0 heterocycles. The molecular weight excluding hydrogens is 302 g/mol. The Kier molecular flexibility index (Phi) is 9.45. The van der Waals surface area contributed by atoms with Crippen molar-refractivity contribution >= 4 is 24.2 Å². The second-order valence-electron chi connectivity index (χ2n) is 5.32. The van der Waals surface area contributed by atoms with Gasteiger partial charge in [0.2, 0.25) is 5.91 Å². The van der Waals surface area contributed by atoms with Crippen LogP contribution in [0.2, 0.25) is 0 Å². The molecule has 124 valence electrons. The first-order valence-corrected chi connectivity index (χ1v) is 7.33. The molecule has 1 aromatic carbocycles. The minimum atomic E-state index is -0.497. The van der Waals surface area contributed by atoms with E-state index in [2.05, 4.69) is 10.6 Å². The van der Waals surface area contributed by atoms with Crippen LogP contribution in [0.1, 0.15) is 36.2 Å². The van der Waals surface area contributed by atoms with Gasteiger partial charge in [-0.15, -0.1) is 12.4 Å². The molecule has 0 aliphatic carbocycles. The standard InChI is InChI=1S/C16H25N3O2.ClH/c1-4-12(3)14(17)16(21)19-10-9-18-15(20)13-7-5-11(2)6-8-13;/h5-8,12,14H,4,9-10,17H2,1-3H3,(H,18,20)(H,19,21);1H. The zero-order chi connectivity index (χ0) is 15.8. The highest BCUT2D eigenvalue weighted by Gasteiger charge is 2.18. The van der Waals surface area contributed by atoms with Crippen LogP contribution < -0.4 is 16.4 Å². The molecule has 22 heavy (non-hydrogen) atoms. The number of nitrogens with two attached hydrogens (primary N) is 1. The summed E-state index contributed by atoms with van der Waals surface area (Å²) in [6, 6.07) is 6.84. The minimum Gasteiger partial charge on any atom is -0.353 e. The summed E-state index contributed by atoms with van der Waals surface area (Å²) >= 11 is 0. The lowest BCUT2D eigenvalue weighted by Crippen LogP contribution is -2.46.